The molecule has 3 N–H and O–H groups in total. The van der Waals surface area contributed by atoms with Crippen LogP contribution in [0.4, 0.5) is 0 Å². The molecule has 0 aliphatic heterocycles. The Bertz CT molecular complexity index is 369. The summed E-state index contributed by atoms with van der Waals surface area (Å²) in [5, 5.41) is 9.68. The van der Waals surface area contributed by atoms with E-state index in [4.69, 9.17) is 5.73 Å². The summed E-state index contributed by atoms with van der Waals surface area (Å²) in [4.78, 5) is 0. The van der Waals surface area contributed by atoms with Crippen LogP contribution in [-0.4, -0.2) is 11.7 Å². The Morgan fingerprint density at radius 2 is 2.21 bits per heavy atom. The number of hydrogen-bond acceptors (Lipinski definition) is 2. The quantitative estimate of drug-likeness (QED) is 0.748. The van der Waals surface area contributed by atoms with Crippen LogP contribution in [-0.2, 0) is 6.42 Å². The maximum absolute atomic E-state index is 9.68. The fourth-order valence-electron chi connectivity index (χ4n) is 2.03. The number of allylic oxidation sites excluding steroid dienone is 1. The smallest absolute Gasteiger partial charge is 0.119 e. The highest BCUT2D eigenvalue weighted by molar-refractivity contribution is 5.72. The molecule has 0 unspecified atom stereocenters. The number of nitrogens with two attached hydrogens (primary N) is 1. The first kappa shape index (κ1) is 9.28. The molecule has 0 amide bonds. The van der Waals surface area contributed by atoms with Crippen molar-refractivity contribution >= 4 is 5.57 Å². The van der Waals surface area contributed by atoms with Gasteiger partial charge < -0.3 is 10.8 Å². The number of rotatable bonds is 2. The molecule has 0 saturated carbocycles. The van der Waals surface area contributed by atoms with E-state index in [0.29, 0.717) is 12.3 Å². The Kier molecular flexibility index (Phi) is 2.55. The lowest BCUT2D eigenvalue weighted by molar-refractivity contribution is 0.467. The molecule has 0 fully saturated rings. The van der Waals surface area contributed by atoms with Crippen molar-refractivity contribution in [2.75, 3.05) is 6.54 Å². The van der Waals surface area contributed by atoms with Crippen molar-refractivity contribution in [2.45, 2.75) is 19.3 Å². The van der Waals surface area contributed by atoms with E-state index in [1.807, 2.05) is 6.07 Å². The molecule has 1 aliphatic rings. The third kappa shape index (κ3) is 1.53. The van der Waals surface area contributed by atoms with E-state index in [9.17, 15) is 5.11 Å². The van der Waals surface area contributed by atoms with Crippen LogP contribution < -0.4 is 5.73 Å². The van der Waals surface area contributed by atoms with E-state index >= 15 is 0 Å². The first-order chi connectivity index (χ1) is 6.83. The molecule has 2 rings (SSSR count). The van der Waals surface area contributed by atoms with E-state index in [2.05, 4.69) is 12.1 Å². The summed E-state index contributed by atoms with van der Waals surface area (Å²) in [6.45, 7) is 0.668. The van der Waals surface area contributed by atoms with Gasteiger partial charge in [-0.3, -0.25) is 0 Å². The first-order valence-electron chi connectivity index (χ1n) is 5.03. The summed E-state index contributed by atoms with van der Waals surface area (Å²) in [7, 11) is 0. The topological polar surface area (TPSA) is 46.2 Å². The average molecular weight is 189 g/mol. The van der Waals surface area contributed by atoms with E-state index in [0.717, 1.165) is 24.8 Å². The second-order valence-electron chi connectivity index (χ2n) is 3.61. The third-order valence-corrected chi connectivity index (χ3v) is 2.70. The van der Waals surface area contributed by atoms with Crippen molar-refractivity contribution in [1.29, 1.82) is 0 Å². The van der Waals surface area contributed by atoms with Gasteiger partial charge in [0.05, 0.1) is 0 Å². The molecular weight excluding hydrogens is 174 g/mol. The molecule has 74 valence electrons. The number of phenols is 1. The molecule has 0 aromatic heterocycles. The lowest BCUT2D eigenvalue weighted by atomic mass is 9.88. The molecular formula is C12H15NO. The fraction of sp³-hybridized carbons (Fsp3) is 0.333. The van der Waals surface area contributed by atoms with Gasteiger partial charge in [0.1, 0.15) is 5.75 Å². The summed E-state index contributed by atoms with van der Waals surface area (Å²) in [6.07, 6.45) is 5.08. The minimum Gasteiger partial charge on any atom is -0.508 e. The minimum atomic E-state index is 0.421. The molecule has 2 nitrogen and oxygen atoms in total. The Morgan fingerprint density at radius 1 is 1.36 bits per heavy atom. The molecule has 0 spiro atoms. The summed E-state index contributed by atoms with van der Waals surface area (Å²) >= 11 is 0. The molecule has 0 saturated heterocycles. The van der Waals surface area contributed by atoms with Crippen LogP contribution in [0.5, 0.6) is 5.75 Å². The zero-order valence-electron chi connectivity index (χ0n) is 8.16. The monoisotopic (exact) mass is 189 g/mol. The third-order valence-electron chi connectivity index (χ3n) is 2.70. The second kappa shape index (κ2) is 3.84. The lowest BCUT2D eigenvalue weighted by Crippen LogP contribution is -2.05. The highest BCUT2D eigenvalue weighted by atomic mass is 16.3. The first-order valence-corrected chi connectivity index (χ1v) is 5.03. The van der Waals surface area contributed by atoms with Gasteiger partial charge in [0, 0.05) is 5.56 Å². The van der Waals surface area contributed by atoms with Crippen molar-refractivity contribution in [3.8, 4) is 5.75 Å². The zero-order chi connectivity index (χ0) is 9.97. The summed E-state index contributed by atoms with van der Waals surface area (Å²) < 4.78 is 0. The van der Waals surface area contributed by atoms with Crippen molar-refractivity contribution in [3.05, 3.63) is 35.4 Å². The molecule has 14 heavy (non-hydrogen) atoms. The Hall–Kier alpha value is -1.28. The van der Waals surface area contributed by atoms with Gasteiger partial charge >= 0.3 is 0 Å². The average Bonchev–Trinajstić information content (AvgIpc) is 2.20. The number of fused-ring (bicyclic) bond motifs is 1. The molecule has 1 aromatic carbocycles. The van der Waals surface area contributed by atoms with Gasteiger partial charge in [-0.15, -0.1) is 0 Å². The fourth-order valence-corrected chi connectivity index (χ4v) is 2.03. The van der Waals surface area contributed by atoms with Gasteiger partial charge in [0.25, 0.3) is 0 Å². The molecule has 0 bridgehead atoms. The van der Waals surface area contributed by atoms with Crippen LogP contribution in [0, 0.1) is 0 Å². The van der Waals surface area contributed by atoms with Crippen LogP contribution in [0.15, 0.2) is 24.3 Å². The number of benzene rings is 1. The molecule has 2 heteroatoms. The standard InChI is InChI=1S/C12H15NO/c13-8-7-9-3-1-5-11-10(9)4-2-6-12(11)14/h2-4,6,14H,1,5,7-8,13H2. The normalized spacial score (nSPS) is 14.8. The highest BCUT2D eigenvalue weighted by Gasteiger charge is 2.14. The highest BCUT2D eigenvalue weighted by Crippen LogP contribution is 2.33. The maximum Gasteiger partial charge on any atom is 0.119 e. The molecule has 1 aromatic rings. The SMILES string of the molecule is NCCC1=CCCc2c(O)cccc21. The van der Waals surface area contributed by atoms with Crippen LogP contribution in [0.3, 0.4) is 0 Å². The van der Waals surface area contributed by atoms with E-state index < -0.39 is 0 Å². The van der Waals surface area contributed by atoms with Crippen molar-refractivity contribution in [2.24, 2.45) is 5.73 Å². The van der Waals surface area contributed by atoms with Gasteiger partial charge in [0.15, 0.2) is 0 Å². The van der Waals surface area contributed by atoms with Crippen molar-refractivity contribution in [3.63, 3.8) is 0 Å². The van der Waals surface area contributed by atoms with Crippen LogP contribution >= 0.6 is 0 Å². The van der Waals surface area contributed by atoms with E-state index in [-0.39, 0.29) is 0 Å². The summed E-state index contributed by atoms with van der Waals surface area (Å²) in [6, 6.07) is 5.71. The Labute approximate surface area is 84.1 Å². The van der Waals surface area contributed by atoms with Crippen molar-refractivity contribution < 1.29 is 5.11 Å². The van der Waals surface area contributed by atoms with E-state index in [1.54, 1.807) is 6.07 Å². The van der Waals surface area contributed by atoms with Gasteiger partial charge in [0.2, 0.25) is 0 Å². The van der Waals surface area contributed by atoms with Crippen LogP contribution in [0.1, 0.15) is 24.0 Å². The minimum absolute atomic E-state index is 0.421. The van der Waals surface area contributed by atoms with Crippen LogP contribution in [0.2, 0.25) is 0 Å². The van der Waals surface area contributed by atoms with Crippen LogP contribution in [0.25, 0.3) is 5.57 Å². The lowest BCUT2D eigenvalue weighted by Gasteiger charge is -2.18. The number of phenolic OH excluding ortho intramolecular Hbond substituents is 1. The number of hydrogen-bond donors (Lipinski definition) is 2. The van der Waals surface area contributed by atoms with Gasteiger partial charge in [-0.25, -0.2) is 0 Å². The van der Waals surface area contributed by atoms with E-state index in [1.165, 1.54) is 11.1 Å². The molecule has 0 heterocycles. The van der Waals surface area contributed by atoms with Gasteiger partial charge in [-0.2, -0.15) is 0 Å². The Morgan fingerprint density at radius 3 is 3.00 bits per heavy atom. The molecule has 1 aliphatic carbocycles. The largest absolute Gasteiger partial charge is 0.508 e. The predicted molar refractivity (Wildman–Crippen MR) is 58.1 cm³/mol. The number of aromatic hydroxyl groups is 1. The second-order valence-corrected chi connectivity index (χ2v) is 3.61. The van der Waals surface area contributed by atoms with Gasteiger partial charge in [-0.05, 0) is 43.0 Å². The van der Waals surface area contributed by atoms with Gasteiger partial charge in [-0.1, -0.05) is 18.2 Å². The summed E-state index contributed by atoms with van der Waals surface area (Å²) in [5.41, 5.74) is 9.10. The maximum atomic E-state index is 9.68. The Balaban J connectivity index is 2.43. The molecule has 0 radical (unpaired) electrons. The van der Waals surface area contributed by atoms with Crippen molar-refractivity contribution in [1.82, 2.24) is 0 Å². The molecule has 0 atom stereocenters. The predicted octanol–water partition coefficient (Wildman–Crippen LogP) is 2.07. The summed E-state index contributed by atoms with van der Waals surface area (Å²) in [5.74, 6) is 0.421. The zero-order valence-corrected chi connectivity index (χ0v) is 8.16.